The van der Waals surface area contributed by atoms with Gasteiger partial charge in [-0.15, -0.1) is 0 Å². The molecule has 0 fully saturated rings. The zero-order valence-electron chi connectivity index (χ0n) is 19.2. The fourth-order valence-electron chi connectivity index (χ4n) is 3.53. The third-order valence-corrected chi connectivity index (χ3v) is 8.74. The Morgan fingerprint density at radius 2 is 1.28 bits per heavy atom. The van der Waals surface area contributed by atoms with Crippen LogP contribution < -0.4 is 15.3 Å². The van der Waals surface area contributed by atoms with E-state index in [4.69, 9.17) is 4.74 Å². The first-order valence-electron chi connectivity index (χ1n) is 10.7. The summed E-state index contributed by atoms with van der Waals surface area (Å²) in [6.07, 6.45) is 0.650. The highest BCUT2D eigenvalue weighted by atomic mass is 31.2. The van der Waals surface area contributed by atoms with Gasteiger partial charge < -0.3 is 9.30 Å². The molecule has 0 radical (unpaired) electrons. The number of rotatable bonds is 7. The van der Waals surface area contributed by atoms with Crippen molar-refractivity contribution in [2.45, 2.75) is 41.0 Å². The van der Waals surface area contributed by atoms with Crippen molar-refractivity contribution in [3.05, 3.63) is 89.5 Å². The van der Waals surface area contributed by atoms with Gasteiger partial charge in [0.1, 0.15) is 5.75 Å². The maximum Gasteiger partial charge on any atom is 0.316 e. The zero-order chi connectivity index (χ0) is 23.5. The molecule has 0 aliphatic carbocycles. The Morgan fingerprint density at radius 3 is 1.69 bits per heavy atom. The van der Waals surface area contributed by atoms with E-state index >= 15 is 0 Å². The van der Waals surface area contributed by atoms with Gasteiger partial charge in [-0.3, -0.25) is 9.59 Å². The Morgan fingerprint density at radius 1 is 0.844 bits per heavy atom. The van der Waals surface area contributed by atoms with E-state index in [1.165, 1.54) is 0 Å². The first-order valence-corrected chi connectivity index (χ1v) is 12.4. The van der Waals surface area contributed by atoms with Crippen molar-refractivity contribution < 1.29 is 18.9 Å². The SMILES string of the molecule is CCC(C)(C)C(=O)Oc1cc(C)c(C(=O)P(=O)(c2ccccc2)c2ccccc2)c(C)c1. The van der Waals surface area contributed by atoms with Gasteiger partial charge in [-0.1, -0.05) is 67.6 Å². The molecule has 0 aliphatic heterocycles. The Kier molecular flexibility index (Phi) is 6.85. The third kappa shape index (κ3) is 4.47. The van der Waals surface area contributed by atoms with Gasteiger partial charge in [-0.25, -0.2) is 0 Å². The number of ether oxygens (including phenoxy) is 1. The van der Waals surface area contributed by atoms with Crippen LogP contribution in [0.25, 0.3) is 0 Å². The number of carbonyl (C=O) groups is 2. The van der Waals surface area contributed by atoms with Gasteiger partial charge in [-0.2, -0.15) is 0 Å². The van der Waals surface area contributed by atoms with Crippen LogP contribution in [0, 0.1) is 19.3 Å². The summed E-state index contributed by atoms with van der Waals surface area (Å²) in [5, 5.41) is 0.991. The van der Waals surface area contributed by atoms with Crippen LogP contribution in [0.1, 0.15) is 48.7 Å². The summed E-state index contributed by atoms with van der Waals surface area (Å²) in [5.41, 5.74) is 0.623. The summed E-state index contributed by atoms with van der Waals surface area (Å²) in [7, 11) is -3.61. The Balaban J connectivity index is 2.09. The van der Waals surface area contributed by atoms with E-state index < -0.39 is 18.1 Å². The zero-order valence-corrected chi connectivity index (χ0v) is 20.1. The average molecular weight is 448 g/mol. The largest absolute Gasteiger partial charge is 0.426 e. The lowest BCUT2D eigenvalue weighted by Crippen LogP contribution is -2.28. The lowest BCUT2D eigenvalue weighted by molar-refractivity contribution is -0.144. The molecule has 166 valence electrons. The van der Waals surface area contributed by atoms with E-state index in [2.05, 4.69) is 0 Å². The molecule has 0 spiro atoms. The molecular weight excluding hydrogens is 419 g/mol. The summed E-state index contributed by atoms with van der Waals surface area (Å²) in [6.45, 7) is 9.17. The number of aryl methyl sites for hydroxylation is 2. The molecule has 32 heavy (non-hydrogen) atoms. The van der Waals surface area contributed by atoms with Crippen LogP contribution in [0.5, 0.6) is 5.75 Å². The van der Waals surface area contributed by atoms with Crippen LogP contribution in [0.15, 0.2) is 72.8 Å². The molecule has 0 heterocycles. The van der Waals surface area contributed by atoms with E-state index in [0.717, 1.165) is 0 Å². The van der Waals surface area contributed by atoms with Crippen molar-refractivity contribution in [2.24, 2.45) is 5.41 Å². The maximum absolute atomic E-state index is 14.4. The van der Waals surface area contributed by atoms with E-state index in [1.807, 2.05) is 32.9 Å². The fraction of sp³-hybridized carbons (Fsp3) is 0.259. The van der Waals surface area contributed by atoms with Crippen molar-refractivity contribution >= 4 is 29.2 Å². The molecule has 4 nitrogen and oxygen atoms in total. The summed E-state index contributed by atoms with van der Waals surface area (Å²) in [5.74, 6) is 0.0643. The minimum absolute atomic E-state index is 0.322. The maximum atomic E-state index is 14.4. The van der Waals surface area contributed by atoms with Gasteiger partial charge in [0.25, 0.3) is 0 Å². The van der Waals surface area contributed by atoms with E-state index in [9.17, 15) is 14.2 Å². The van der Waals surface area contributed by atoms with E-state index in [0.29, 0.717) is 39.5 Å². The lowest BCUT2D eigenvalue weighted by Gasteiger charge is -2.22. The standard InChI is InChI=1S/C27H29O4P/c1-6-27(4,5)26(29)31-21-17-19(2)24(20(3)18-21)25(28)32(30,22-13-9-7-10-14-22)23-15-11-8-12-16-23/h7-18H,6H2,1-5H3. The number of carbonyl (C=O) groups excluding carboxylic acids is 2. The van der Waals surface area contributed by atoms with Crippen molar-refractivity contribution in [1.29, 1.82) is 0 Å². The molecular formula is C27H29O4P. The average Bonchev–Trinajstić information content (AvgIpc) is 2.79. The molecule has 0 amide bonds. The fourth-order valence-corrected chi connectivity index (χ4v) is 6.15. The number of hydrogen-bond donors (Lipinski definition) is 0. The van der Waals surface area contributed by atoms with Crippen LogP contribution in [0.3, 0.4) is 0 Å². The molecule has 5 heteroatoms. The lowest BCUT2D eigenvalue weighted by atomic mass is 9.90. The Labute approximate surface area is 190 Å². The van der Waals surface area contributed by atoms with Gasteiger partial charge >= 0.3 is 5.97 Å². The summed E-state index contributed by atoms with van der Waals surface area (Å²) >= 11 is 0. The summed E-state index contributed by atoms with van der Waals surface area (Å²) in [4.78, 5) is 26.4. The molecule has 0 aromatic heterocycles. The smallest absolute Gasteiger partial charge is 0.316 e. The first-order chi connectivity index (χ1) is 15.1. The highest BCUT2D eigenvalue weighted by Gasteiger charge is 2.38. The minimum Gasteiger partial charge on any atom is -0.426 e. The normalized spacial score (nSPS) is 11.8. The van der Waals surface area contributed by atoms with Gasteiger partial charge in [0, 0.05) is 16.2 Å². The molecule has 0 aliphatic rings. The molecule has 3 aromatic rings. The first kappa shape index (κ1) is 23.7. The summed E-state index contributed by atoms with van der Waals surface area (Å²) in [6, 6.07) is 21.1. The molecule has 3 aromatic carbocycles. The van der Waals surface area contributed by atoms with Crippen LogP contribution >= 0.6 is 7.14 Å². The van der Waals surface area contributed by atoms with Gasteiger partial charge in [0.2, 0.25) is 12.7 Å². The predicted octanol–water partition coefficient (Wildman–Crippen LogP) is 5.80. The monoisotopic (exact) mass is 448 g/mol. The Bertz CT molecular complexity index is 1110. The molecule has 0 bridgehead atoms. The van der Waals surface area contributed by atoms with Crippen LogP contribution in [-0.2, 0) is 9.36 Å². The Hall–Kier alpha value is -2.97. The second-order valence-corrected chi connectivity index (χ2v) is 11.3. The van der Waals surface area contributed by atoms with Crippen molar-refractivity contribution in [1.82, 2.24) is 0 Å². The van der Waals surface area contributed by atoms with Crippen molar-refractivity contribution in [3.8, 4) is 5.75 Å². The molecule has 3 rings (SSSR count). The summed E-state index contributed by atoms with van der Waals surface area (Å²) < 4.78 is 20.0. The van der Waals surface area contributed by atoms with E-state index in [-0.39, 0.29) is 5.97 Å². The van der Waals surface area contributed by atoms with Crippen LogP contribution in [-0.4, -0.2) is 11.5 Å². The van der Waals surface area contributed by atoms with Crippen LogP contribution in [0.4, 0.5) is 0 Å². The van der Waals surface area contributed by atoms with Gasteiger partial charge in [0.15, 0.2) is 0 Å². The molecule has 0 atom stereocenters. The highest BCUT2D eigenvalue weighted by molar-refractivity contribution is 7.93. The van der Waals surface area contributed by atoms with Crippen molar-refractivity contribution in [3.63, 3.8) is 0 Å². The number of benzene rings is 3. The molecule has 0 unspecified atom stereocenters. The number of hydrogen-bond acceptors (Lipinski definition) is 4. The second-order valence-electron chi connectivity index (χ2n) is 8.64. The van der Waals surface area contributed by atoms with E-state index in [1.54, 1.807) is 74.5 Å². The molecule has 0 saturated heterocycles. The minimum atomic E-state index is -3.61. The van der Waals surface area contributed by atoms with Crippen molar-refractivity contribution in [2.75, 3.05) is 0 Å². The topological polar surface area (TPSA) is 60.4 Å². The third-order valence-electron chi connectivity index (χ3n) is 5.89. The molecule has 0 saturated carbocycles. The number of esters is 1. The highest BCUT2D eigenvalue weighted by Crippen LogP contribution is 2.48. The second kappa shape index (κ2) is 9.26. The predicted molar refractivity (Wildman–Crippen MR) is 130 cm³/mol. The molecule has 0 N–H and O–H groups in total. The van der Waals surface area contributed by atoms with Gasteiger partial charge in [0.05, 0.1) is 5.41 Å². The quantitative estimate of drug-likeness (QED) is 0.260. The van der Waals surface area contributed by atoms with Crippen LogP contribution in [0.2, 0.25) is 0 Å². The van der Waals surface area contributed by atoms with Gasteiger partial charge in [-0.05, 0) is 57.4 Å².